The van der Waals surface area contributed by atoms with Crippen molar-refractivity contribution in [3.05, 3.63) is 53.3 Å². The van der Waals surface area contributed by atoms with Crippen molar-refractivity contribution >= 4 is 6.02 Å². The van der Waals surface area contributed by atoms with Crippen molar-refractivity contribution in [3.63, 3.8) is 0 Å². The van der Waals surface area contributed by atoms with Crippen molar-refractivity contribution in [2.75, 3.05) is 13.7 Å². The first-order valence-electron chi connectivity index (χ1n) is 10.1. The van der Waals surface area contributed by atoms with Gasteiger partial charge in [-0.15, -0.1) is 0 Å². The van der Waals surface area contributed by atoms with E-state index in [-0.39, 0.29) is 11.4 Å². The molecule has 2 N–H and O–H groups in total. The molecule has 1 atom stereocenters. The minimum Gasteiger partial charge on any atom is -0.462 e. The fourth-order valence-electron chi connectivity index (χ4n) is 5.56. The number of aromatic nitrogens is 1. The molecule has 1 aromatic heterocycles. The lowest BCUT2D eigenvalue weighted by molar-refractivity contribution is -0.00983. The summed E-state index contributed by atoms with van der Waals surface area (Å²) in [6, 6.07) is 10.8. The van der Waals surface area contributed by atoms with E-state index in [2.05, 4.69) is 29.3 Å². The molecule has 1 unspecified atom stereocenters. The van der Waals surface area contributed by atoms with E-state index in [1.54, 1.807) is 19.5 Å². The van der Waals surface area contributed by atoms with Gasteiger partial charge in [-0.1, -0.05) is 12.1 Å². The van der Waals surface area contributed by atoms with Gasteiger partial charge >= 0.3 is 0 Å². The van der Waals surface area contributed by atoms with Crippen LogP contribution in [0.2, 0.25) is 0 Å². The lowest BCUT2D eigenvalue weighted by Crippen LogP contribution is -2.46. The van der Waals surface area contributed by atoms with Crippen LogP contribution in [-0.2, 0) is 21.4 Å². The van der Waals surface area contributed by atoms with Crippen LogP contribution in [0.4, 0.5) is 0 Å². The third-order valence-electron chi connectivity index (χ3n) is 7.12. The fraction of sp³-hybridized carbons (Fsp3) is 0.435. The third kappa shape index (κ3) is 2.65. The lowest BCUT2D eigenvalue weighted by atomic mass is 9.62. The predicted molar refractivity (Wildman–Crippen MR) is 109 cm³/mol. The number of fused-ring (bicyclic) bond motifs is 3. The minimum atomic E-state index is -0.443. The molecule has 3 aliphatic rings. The van der Waals surface area contributed by atoms with E-state index in [9.17, 15) is 5.26 Å². The summed E-state index contributed by atoms with van der Waals surface area (Å²) < 4.78 is 11.4. The normalized spacial score (nSPS) is 30.1. The number of methoxy groups -OCH3 is 1. The average Bonchev–Trinajstić information content (AvgIpc) is 3.28. The number of aliphatic imine (C=N–C) groups is 1. The van der Waals surface area contributed by atoms with E-state index in [1.807, 2.05) is 6.07 Å². The van der Waals surface area contributed by atoms with E-state index < -0.39 is 5.54 Å². The molecule has 1 saturated carbocycles. The quantitative estimate of drug-likeness (QED) is 0.852. The van der Waals surface area contributed by atoms with Crippen LogP contribution in [0, 0.1) is 16.7 Å². The van der Waals surface area contributed by atoms with Crippen LogP contribution < -0.4 is 5.73 Å². The molecule has 6 nitrogen and oxygen atoms in total. The average molecular weight is 388 g/mol. The molecule has 0 radical (unpaired) electrons. The van der Waals surface area contributed by atoms with E-state index >= 15 is 0 Å². The van der Waals surface area contributed by atoms with Gasteiger partial charge in [0.25, 0.3) is 6.02 Å². The standard InChI is InChI=1S/C23H24N4O2/c1-28-19-4-6-22(7-5-19)10-17-3-2-16(18-8-15(11-24)12-26-13-18)9-20(17)23(22)14-29-21(25)27-23/h2-3,8-9,12-13,19H,4-7,10,14H2,1H3,(H2,25,27)/t19-,22-,23?. The van der Waals surface area contributed by atoms with Gasteiger partial charge in [0, 0.05) is 30.5 Å². The largest absolute Gasteiger partial charge is 0.462 e. The zero-order valence-electron chi connectivity index (χ0n) is 16.5. The minimum absolute atomic E-state index is 0.0108. The Balaban J connectivity index is 1.61. The summed E-state index contributed by atoms with van der Waals surface area (Å²) in [5.74, 6) is 0. The molecule has 0 amide bonds. The summed E-state index contributed by atoms with van der Waals surface area (Å²) in [6.45, 7) is 0.490. The summed E-state index contributed by atoms with van der Waals surface area (Å²) in [5.41, 5.74) is 10.6. The van der Waals surface area contributed by atoms with E-state index in [0.717, 1.165) is 43.2 Å². The lowest BCUT2D eigenvalue weighted by Gasteiger charge is -2.45. The number of amidine groups is 1. The molecule has 0 bridgehead atoms. The molecule has 2 aromatic rings. The molecule has 29 heavy (non-hydrogen) atoms. The molecular weight excluding hydrogens is 364 g/mol. The SMILES string of the molecule is CO[C@H]1CC[C@]2(CC1)Cc1ccc(-c3cncc(C#N)c3)cc1C21COC(N)=N1. The number of nitrogens with zero attached hydrogens (tertiary/aromatic N) is 3. The molecule has 1 fully saturated rings. The van der Waals surface area contributed by atoms with Crippen molar-refractivity contribution in [1.29, 1.82) is 5.26 Å². The molecule has 1 aliphatic heterocycles. The highest BCUT2D eigenvalue weighted by Gasteiger charge is 2.61. The van der Waals surface area contributed by atoms with Crippen LogP contribution in [0.15, 0.2) is 41.7 Å². The summed E-state index contributed by atoms with van der Waals surface area (Å²) in [6.07, 6.45) is 8.83. The number of nitriles is 1. The first-order chi connectivity index (χ1) is 14.1. The van der Waals surface area contributed by atoms with E-state index in [1.165, 1.54) is 11.1 Å². The Labute approximate surface area is 170 Å². The van der Waals surface area contributed by atoms with Gasteiger partial charge in [0.05, 0.1) is 11.7 Å². The second kappa shape index (κ2) is 6.57. The van der Waals surface area contributed by atoms with Gasteiger partial charge in [-0.25, -0.2) is 4.99 Å². The number of pyridine rings is 1. The van der Waals surface area contributed by atoms with Crippen molar-refractivity contribution in [2.24, 2.45) is 16.1 Å². The zero-order valence-corrected chi connectivity index (χ0v) is 16.5. The number of rotatable bonds is 2. The van der Waals surface area contributed by atoms with Crippen LogP contribution in [0.1, 0.15) is 42.4 Å². The Hall–Kier alpha value is -2.91. The molecule has 148 valence electrons. The maximum absolute atomic E-state index is 9.22. The summed E-state index contributed by atoms with van der Waals surface area (Å²) in [7, 11) is 1.80. The van der Waals surface area contributed by atoms with Gasteiger partial charge in [0.1, 0.15) is 18.2 Å². The van der Waals surface area contributed by atoms with Gasteiger partial charge < -0.3 is 15.2 Å². The zero-order chi connectivity index (χ0) is 20.1. The highest BCUT2D eigenvalue weighted by molar-refractivity contribution is 5.76. The Bertz CT molecular complexity index is 1030. The maximum Gasteiger partial charge on any atom is 0.283 e. The smallest absolute Gasteiger partial charge is 0.283 e. The predicted octanol–water partition coefficient (Wildman–Crippen LogP) is 3.29. The van der Waals surface area contributed by atoms with Crippen molar-refractivity contribution in [2.45, 2.75) is 43.7 Å². The second-order valence-corrected chi connectivity index (χ2v) is 8.44. The van der Waals surface area contributed by atoms with Crippen LogP contribution in [0.5, 0.6) is 0 Å². The Morgan fingerprint density at radius 2 is 2.03 bits per heavy atom. The number of benzene rings is 1. The van der Waals surface area contributed by atoms with Crippen molar-refractivity contribution in [3.8, 4) is 17.2 Å². The molecule has 0 saturated heterocycles. The number of hydrogen-bond donors (Lipinski definition) is 1. The van der Waals surface area contributed by atoms with Gasteiger partial charge in [0.2, 0.25) is 0 Å². The van der Waals surface area contributed by atoms with Crippen molar-refractivity contribution in [1.82, 2.24) is 4.98 Å². The summed E-state index contributed by atoms with van der Waals surface area (Å²) >= 11 is 0. The van der Waals surface area contributed by atoms with Crippen LogP contribution in [0.3, 0.4) is 0 Å². The first-order valence-corrected chi connectivity index (χ1v) is 10.1. The van der Waals surface area contributed by atoms with E-state index in [4.69, 9.17) is 20.2 Å². The summed E-state index contributed by atoms with van der Waals surface area (Å²) in [5, 5.41) is 9.22. The number of hydrogen-bond acceptors (Lipinski definition) is 6. The molecule has 6 heteroatoms. The topological polar surface area (TPSA) is 93.5 Å². The monoisotopic (exact) mass is 388 g/mol. The van der Waals surface area contributed by atoms with Crippen LogP contribution in [0.25, 0.3) is 11.1 Å². The third-order valence-corrected chi connectivity index (χ3v) is 7.12. The van der Waals surface area contributed by atoms with Crippen molar-refractivity contribution < 1.29 is 9.47 Å². The summed E-state index contributed by atoms with van der Waals surface area (Å²) in [4.78, 5) is 9.14. The maximum atomic E-state index is 9.22. The fourth-order valence-corrected chi connectivity index (χ4v) is 5.56. The Morgan fingerprint density at radius 1 is 1.21 bits per heavy atom. The van der Waals surface area contributed by atoms with Crippen LogP contribution in [-0.4, -0.2) is 30.8 Å². The molecule has 2 heterocycles. The first kappa shape index (κ1) is 18.1. The second-order valence-electron chi connectivity index (χ2n) is 8.44. The Morgan fingerprint density at radius 3 is 2.72 bits per heavy atom. The Kier molecular flexibility index (Phi) is 4.11. The molecule has 2 spiro atoms. The highest BCUT2D eigenvalue weighted by Crippen LogP contribution is 2.61. The van der Waals surface area contributed by atoms with Gasteiger partial charge in [-0.2, -0.15) is 5.26 Å². The molecular formula is C23H24N4O2. The van der Waals surface area contributed by atoms with Gasteiger partial charge in [-0.05, 0) is 60.9 Å². The van der Waals surface area contributed by atoms with Gasteiger partial charge in [0.15, 0.2) is 0 Å². The highest BCUT2D eigenvalue weighted by atomic mass is 16.5. The van der Waals surface area contributed by atoms with Crippen LogP contribution >= 0.6 is 0 Å². The number of nitrogens with two attached hydrogens (primary N) is 1. The van der Waals surface area contributed by atoms with Gasteiger partial charge in [-0.3, -0.25) is 4.98 Å². The molecule has 2 aliphatic carbocycles. The molecule has 1 aromatic carbocycles. The molecule has 5 rings (SSSR count). The van der Waals surface area contributed by atoms with E-state index in [0.29, 0.717) is 18.3 Å². The number of ether oxygens (including phenoxy) is 2.